The van der Waals surface area contributed by atoms with Crippen molar-refractivity contribution >= 4 is 11.6 Å². The van der Waals surface area contributed by atoms with E-state index in [0.717, 1.165) is 37.8 Å². The molecule has 2 fully saturated rings. The number of amides is 1. The summed E-state index contributed by atoms with van der Waals surface area (Å²) in [5.41, 5.74) is 5.43. The Labute approximate surface area is 120 Å². The zero-order chi connectivity index (χ0) is 15.1. The van der Waals surface area contributed by atoms with Gasteiger partial charge < -0.3 is 10.6 Å². The van der Waals surface area contributed by atoms with E-state index in [0.29, 0.717) is 0 Å². The molecule has 21 heavy (non-hydrogen) atoms. The third kappa shape index (κ3) is 2.37. The molecule has 3 rings (SSSR count). The molecule has 2 saturated heterocycles. The van der Waals surface area contributed by atoms with Crippen molar-refractivity contribution in [2.24, 2.45) is 5.73 Å². The molecule has 0 radical (unpaired) electrons. The Morgan fingerprint density at radius 2 is 1.95 bits per heavy atom. The molecule has 2 N–H and O–H groups in total. The van der Waals surface area contributed by atoms with Crippen LogP contribution in [0.15, 0.2) is 18.2 Å². The van der Waals surface area contributed by atoms with E-state index in [-0.39, 0.29) is 29.6 Å². The van der Waals surface area contributed by atoms with E-state index in [1.165, 1.54) is 6.07 Å². The Hall–Kier alpha value is -2.02. The van der Waals surface area contributed by atoms with Crippen molar-refractivity contribution in [3.8, 4) is 0 Å². The van der Waals surface area contributed by atoms with Crippen LogP contribution in [-0.2, 0) is 0 Å². The summed E-state index contributed by atoms with van der Waals surface area (Å²) in [5, 5.41) is 11.0. The third-order valence-electron chi connectivity index (χ3n) is 4.39. The second-order valence-electron chi connectivity index (χ2n) is 5.75. The van der Waals surface area contributed by atoms with Gasteiger partial charge in [0.15, 0.2) is 0 Å². The van der Waals surface area contributed by atoms with Crippen LogP contribution in [0.2, 0.25) is 0 Å². The molecule has 0 saturated carbocycles. The fraction of sp³-hybridized carbons (Fsp3) is 0.500. The van der Waals surface area contributed by atoms with Crippen LogP contribution in [0.3, 0.4) is 0 Å². The van der Waals surface area contributed by atoms with Gasteiger partial charge in [0.2, 0.25) is 0 Å². The van der Waals surface area contributed by atoms with Crippen LogP contribution in [-0.4, -0.2) is 33.9 Å². The van der Waals surface area contributed by atoms with Crippen LogP contribution in [0.4, 0.5) is 10.1 Å². The molecule has 6 nitrogen and oxygen atoms in total. The van der Waals surface area contributed by atoms with Crippen molar-refractivity contribution in [2.45, 2.75) is 43.8 Å². The Bertz CT molecular complexity index is 593. The van der Waals surface area contributed by atoms with Gasteiger partial charge >= 0.3 is 0 Å². The van der Waals surface area contributed by atoms with Gasteiger partial charge in [0.1, 0.15) is 11.4 Å². The molecule has 2 bridgehead atoms. The number of hydrogen-bond acceptors (Lipinski definition) is 4. The molecule has 0 spiro atoms. The predicted molar refractivity (Wildman–Crippen MR) is 73.2 cm³/mol. The second kappa shape index (κ2) is 5.07. The first-order valence-corrected chi connectivity index (χ1v) is 6.99. The first-order chi connectivity index (χ1) is 9.97. The highest BCUT2D eigenvalue weighted by Crippen LogP contribution is 2.37. The summed E-state index contributed by atoms with van der Waals surface area (Å²) in [6, 6.07) is 3.23. The zero-order valence-corrected chi connectivity index (χ0v) is 11.4. The summed E-state index contributed by atoms with van der Waals surface area (Å²) in [7, 11) is 0. The van der Waals surface area contributed by atoms with Crippen LogP contribution < -0.4 is 5.73 Å². The number of halogens is 1. The van der Waals surface area contributed by atoms with Gasteiger partial charge in [-0.2, -0.15) is 0 Å². The van der Waals surface area contributed by atoms with Gasteiger partial charge in [-0.05, 0) is 37.8 Å². The highest BCUT2D eigenvalue weighted by molar-refractivity contribution is 5.98. The van der Waals surface area contributed by atoms with Crippen molar-refractivity contribution in [3.63, 3.8) is 0 Å². The van der Waals surface area contributed by atoms with Gasteiger partial charge in [-0.15, -0.1) is 0 Å². The van der Waals surface area contributed by atoms with Crippen molar-refractivity contribution in [1.82, 2.24) is 4.90 Å². The average Bonchev–Trinajstić information content (AvgIpc) is 2.70. The average molecular weight is 293 g/mol. The number of benzene rings is 1. The van der Waals surface area contributed by atoms with E-state index in [1.54, 1.807) is 4.90 Å². The smallest absolute Gasteiger partial charge is 0.285 e. The number of nitrogens with two attached hydrogens (primary N) is 1. The fourth-order valence-corrected chi connectivity index (χ4v) is 3.53. The van der Waals surface area contributed by atoms with E-state index in [9.17, 15) is 19.3 Å². The van der Waals surface area contributed by atoms with Gasteiger partial charge in [0, 0.05) is 18.1 Å². The molecular formula is C14H16FN3O3. The van der Waals surface area contributed by atoms with Crippen LogP contribution in [0.1, 0.15) is 36.0 Å². The normalized spacial score (nSPS) is 27.7. The summed E-state index contributed by atoms with van der Waals surface area (Å²) >= 11 is 0. The molecule has 0 aliphatic carbocycles. The quantitative estimate of drug-likeness (QED) is 0.665. The van der Waals surface area contributed by atoms with Crippen LogP contribution in [0, 0.1) is 15.9 Å². The predicted octanol–water partition coefficient (Wildman–Crippen LogP) is 1.83. The molecule has 1 aromatic carbocycles. The maximum absolute atomic E-state index is 13.2. The zero-order valence-electron chi connectivity index (χ0n) is 11.4. The van der Waals surface area contributed by atoms with Gasteiger partial charge in [0.05, 0.1) is 11.0 Å². The van der Waals surface area contributed by atoms with Crippen molar-refractivity contribution in [3.05, 3.63) is 39.7 Å². The molecule has 2 heterocycles. The molecule has 0 aromatic heterocycles. The first-order valence-electron chi connectivity index (χ1n) is 6.99. The number of piperidine rings is 1. The van der Waals surface area contributed by atoms with Crippen molar-refractivity contribution < 1.29 is 14.1 Å². The lowest BCUT2D eigenvalue weighted by Crippen LogP contribution is -2.50. The Balaban J connectivity index is 1.95. The molecule has 112 valence electrons. The number of hydrogen-bond donors (Lipinski definition) is 1. The number of fused-ring (bicyclic) bond motifs is 2. The number of carbonyl (C=O) groups is 1. The maximum atomic E-state index is 13.2. The summed E-state index contributed by atoms with van der Waals surface area (Å²) < 4.78 is 13.2. The van der Waals surface area contributed by atoms with E-state index in [1.807, 2.05) is 0 Å². The van der Waals surface area contributed by atoms with Gasteiger partial charge in [-0.1, -0.05) is 0 Å². The summed E-state index contributed by atoms with van der Waals surface area (Å²) in [6.07, 6.45) is 3.19. The Morgan fingerprint density at radius 3 is 2.52 bits per heavy atom. The minimum atomic E-state index is -0.720. The minimum absolute atomic E-state index is 0.0379. The summed E-state index contributed by atoms with van der Waals surface area (Å²) in [6.45, 7) is 0. The second-order valence-corrected chi connectivity index (χ2v) is 5.75. The molecule has 2 unspecified atom stereocenters. The first kappa shape index (κ1) is 13.9. The molecule has 7 heteroatoms. The number of carbonyl (C=O) groups excluding carboxylic acids is 1. The van der Waals surface area contributed by atoms with Crippen molar-refractivity contribution in [2.75, 3.05) is 0 Å². The van der Waals surface area contributed by atoms with E-state index < -0.39 is 16.4 Å². The maximum Gasteiger partial charge on any atom is 0.285 e. The lowest BCUT2D eigenvalue weighted by molar-refractivity contribution is -0.385. The lowest BCUT2D eigenvalue weighted by Gasteiger charge is -2.37. The van der Waals surface area contributed by atoms with Gasteiger partial charge in [0.25, 0.3) is 11.6 Å². The van der Waals surface area contributed by atoms with E-state index in [4.69, 9.17) is 5.73 Å². The third-order valence-corrected chi connectivity index (χ3v) is 4.39. The molecule has 1 amide bonds. The molecule has 1 aromatic rings. The number of nitro groups is 1. The highest BCUT2D eigenvalue weighted by Gasteiger charge is 2.43. The van der Waals surface area contributed by atoms with Gasteiger partial charge in [-0.25, -0.2) is 4.39 Å². The Morgan fingerprint density at radius 1 is 1.33 bits per heavy atom. The standard InChI is InChI=1S/C14H16FN3O3/c15-8-1-4-12(13(5-8)18(20)21)14(19)17-10-2-3-11(17)7-9(16)6-10/h1,4-5,9-11H,2-3,6-7,16H2. The Kier molecular flexibility index (Phi) is 3.36. The van der Waals surface area contributed by atoms with Gasteiger partial charge in [-0.3, -0.25) is 14.9 Å². The fourth-order valence-electron chi connectivity index (χ4n) is 3.53. The molecular weight excluding hydrogens is 277 g/mol. The van der Waals surface area contributed by atoms with Crippen LogP contribution in [0.5, 0.6) is 0 Å². The lowest BCUT2D eigenvalue weighted by atomic mass is 9.97. The molecule has 2 atom stereocenters. The van der Waals surface area contributed by atoms with Crippen LogP contribution >= 0.6 is 0 Å². The van der Waals surface area contributed by atoms with E-state index >= 15 is 0 Å². The largest absolute Gasteiger partial charge is 0.332 e. The number of rotatable bonds is 2. The van der Waals surface area contributed by atoms with Crippen molar-refractivity contribution in [1.29, 1.82) is 0 Å². The molecule has 2 aliphatic rings. The SMILES string of the molecule is NC1CC2CCC(C1)N2C(=O)c1ccc(F)cc1[N+](=O)[O-]. The number of nitro benzene ring substituents is 1. The summed E-state index contributed by atoms with van der Waals surface area (Å²) in [5.74, 6) is -1.11. The minimum Gasteiger partial charge on any atom is -0.332 e. The van der Waals surface area contributed by atoms with Crippen LogP contribution in [0.25, 0.3) is 0 Å². The monoisotopic (exact) mass is 293 g/mol. The number of nitrogens with zero attached hydrogens (tertiary/aromatic N) is 2. The summed E-state index contributed by atoms with van der Waals surface area (Å²) in [4.78, 5) is 24.7. The highest BCUT2D eigenvalue weighted by atomic mass is 19.1. The topological polar surface area (TPSA) is 89.5 Å². The van der Waals surface area contributed by atoms with E-state index in [2.05, 4.69) is 0 Å². The molecule has 2 aliphatic heterocycles.